The quantitative estimate of drug-likeness (QED) is 0.690. The second kappa shape index (κ2) is 5.32. The van der Waals surface area contributed by atoms with Crippen molar-refractivity contribution in [3.8, 4) is 11.6 Å². The molecule has 0 aliphatic carbocycles. The second-order valence-electron chi connectivity index (χ2n) is 4.45. The zero-order chi connectivity index (χ0) is 15.0. The van der Waals surface area contributed by atoms with Crippen molar-refractivity contribution in [2.24, 2.45) is 0 Å². The van der Waals surface area contributed by atoms with Crippen LogP contribution in [0.15, 0.2) is 36.7 Å². The lowest BCUT2D eigenvalue weighted by Crippen LogP contribution is -2.03. The van der Waals surface area contributed by atoms with Crippen LogP contribution in [0.3, 0.4) is 0 Å². The number of aryl methyl sites for hydroxylation is 1. The largest absolute Gasteiger partial charge is 0.478 e. The van der Waals surface area contributed by atoms with Crippen molar-refractivity contribution in [1.29, 1.82) is 0 Å². The first-order valence-corrected chi connectivity index (χ1v) is 7.13. The van der Waals surface area contributed by atoms with E-state index in [1.54, 1.807) is 24.3 Å². The maximum atomic E-state index is 11.3. The van der Waals surface area contributed by atoms with Gasteiger partial charge >= 0.3 is 5.97 Å². The first-order valence-electron chi connectivity index (χ1n) is 6.05. The Morgan fingerprint density at radius 3 is 2.90 bits per heavy atom. The van der Waals surface area contributed by atoms with Crippen molar-refractivity contribution in [3.63, 3.8) is 0 Å². The molecule has 0 fully saturated rings. The average Bonchev–Trinajstić information content (AvgIpc) is 2.88. The minimum absolute atomic E-state index is 0.108. The Morgan fingerprint density at radius 1 is 1.33 bits per heavy atom. The second-order valence-corrected chi connectivity index (χ2v) is 5.69. The third kappa shape index (κ3) is 2.68. The molecule has 0 saturated carbocycles. The first kappa shape index (κ1) is 13.8. The van der Waals surface area contributed by atoms with Crippen LogP contribution in [0.1, 0.15) is 15.9 Å². The molecular formula is C14H10IN3O3. The molecular weight excluding hydrogens is 385 g/mol. The number of pyridine rings is 1. The Bertz CT molecular complexity index is 845. The number of carbonyl (C=O) groups is 1. The zero-order valence-electron chi connectivity index (χ0n) is 10.9. The number of nitrogens with zero attached hydrogens (tertiary/aromatic N) is 3. The van der Waals surface area contributed by atoms with Crippen LogP contribution >= 0.6 is 22.6 Å². The number of fused-ring (bicyclic) bond motifs is 1. The highest BCUT2D eigenvalue weighted by Crippen LogP contribution is 2.27. The molecule has 1 N–H and O–H groups in total. The van der Waals surface area contributed by atoms with Gasteiger partial charge in [0, 0.05) is 9.64 Å². The van der Waals surface area contributed by atoms with E-state index in [1.807, 2.05) is 13.0 Å². The predicted octanol–water partition coefficient (Wildman–Crippen LogP) is 3.13. The van der Waals surface area contributed by atoms with E-state index in [4.69, 9.17) is 4.74 Å². The van der Waals surface area contributed by atoms with Gasteiger partial charge in [-0.25, -0.2) is 9.78 Å². The van der Waals surface area contributed by atoms with E-state index in [0.29, 0.717) is 11.5 Å². The van der Waals surface area contributed by atoms with Crippen LogP contribution in [0.4, 0.5) is 0 Å². The number of aromatic carboxylic acids is 1. The Balaban J connectivity index is 2.10. The Hall–Kier alpha value is -2.16. The minimum atomic E-state index is -1.04. The number of carboxylic acid groups (broad SMARTS) is 1. The molecule has 1 aromatic carbocycles. The highest BCUT2D eigenvalue weighted by Gasteiger charge is 2.14. The molecule has 0 bridgehead atoms. The summed E-state index contributed by atoms with van der Waals surface area (Å²) >= 11 is 2.06. The van der Waals surface area contributed by atoms with Crippen LogP contribution in [-0.2, 0) is 0 Å². The average molecular weight is 395 g/mol. The summed E-state index contributed by atoms with van der Waals surface area (Å²) < 4.78 is 8.11. The molecule has 3 aromatic rings. The molecule has 0 aliphatic rings. The van der Waals surface area contributed by atoms with Gasteiger partial charge in [0.2, 0.25) is 5.88 Å². The van der Waals surface area contributed by atoms with Crippen LogP contribution in [0.25, 0.3) is 5.65 Å². The molecule has 0 radical (unpaired) electrons. The fourth-order valence-electron chi connectivity index (χ4n) is 1.96. The molecule has 0 saturated heterocycles. The van der Waals surface area contributed by atoms with Gasteiger partial charge in [-0.15, -0.1) is 0 Å². The van der Waals surface area contributed by atoms with Gasteiger partial charge in [-0.3, -0.25) is 0 Å². The lowest BCUT2D eigenvalue weighted by molar-refractivity contribution is 0.0694. The van der Waals surface area contributed by atoms with Crippen molar-refractivity contribution in [2.45, 2.75) is 6.92 Å². The number of hydrogen-bond donors (Lipinski definition) is 1. The maximum absolute atomic E-state index is 11.3. The van der Waals surface area contributed by atoms with E-state index < -0.39 is 5.97 Å². The lowest BCUT2D eigenvalue weighted by atomic mass is 10.2. The monoisotopic (exact) mass is 395 g/mol. The molecule has 0 atom stereocenters. The normalized spacial score (nSPS) is 10.8. The van der Waals surface area contributed by atoms with Gasteiger partial charge in [0.25, 0.3) is 0 Å². The van der Waals surface area contributed by atoms with Crippen molar-refractivity contribution < 1.29 is 14.6 Å². The van der Waals surface area contributed by atoms with Crippen molar-refractivity contribution in [3.05, 3.63) is 51.4 Å². The fraction of sp³-hybridized carbons (Fsp3) is 0.0714. The van der Waals surface area contributed by atoms with Gasteiger partial charge in [-0.05, 0) is 59.3 Å². The van der Waals surface area contributed by atoms with Gasteiger partial charge in [-0.2, -0.15) is 9.61 Å². The van der Waals surface area contributed by atoms with E-state index in [1.165, 1.54) is 10.8 Å². The summed E-state index contributed by atoms with van der Waals surface area (Å²) in [7, 11) is 0. The lowest BCUT2D eigenvalue weighted by Gasteiger charge is -2.10. The summed E-state index contributed by atoms with van der Waals surface area (Å²) in [5.74, 6) is -0.345. The summed E-state index contributed by atoms with van der Waals surface area (Å²) in [6, 6.07) is 8.64. The molecule has 106 valence electrons. The van der Waals surface area contributed by atoms with Crippen molar-refractivity contribution in [1.82, 2.24) is 14.6 Å². The summed E-state index contributed by atoms with van der Waals surface area (Å²) in [4.78, 5) is 15.4. The molecule has 0 amide bonds. The van der Waals surface area contributed by atoms with Gasteiger partial charge in [-0.1, -0.05) is 0 Å². The standard InChI is InChI=1S/C14H10IN3O3/c1-8-4-12-16-7-17-18(12)13(5-8)21-11-3-2-9(15)6-10(11)14(19)20/h2-7H,1H3,(H,19,20). The zero-order valence-corrected chi connectivity index (χ0v) is 13.1. The van der Waals surface area contributed by atoms with Crippen molar-refractivity contribution >= 4 is 34.2 Å². The third-order valence-corrected chi connectivity index (χ3v) is 3.55. The summed E-state index contributed by atoms with van der Waals surface area (Å²) in [5.41, 5.74) is 1.71. The van der Waals surface area contributed by atoms with Gasteiger partial charge < -0.3 is 9.84 Å². The number of ether oxygens (including phenoxy) is 1. The molecule has 7 heteroatoms. The summed E-state index contributed by atoms with van der Waals surface area (Å²) in [6.07, 6.45) is 1.42. The smallest absolute Gasteiger partial charge is 0.339 e. The predicted molar refractivity (Wildman–Crippen MR) is 83.9 cm³/mol. The molecule has 0 aliphatic heterocycles. The van der Waals surface area contributed by atoms with Gasteiger partial charge in [0.15, 0.2) is 5.65 Å². The van der Waals surface area contributed by atoms with Gasteiger partial charge in [0.05, 0.1) is 0 Å². The topological polar surface area (TPSA) is 76.7 Å². The number of rotatable bonds is 3. The molecule has 6 nitrogen and oxygen atoms in total. The SMILES string of the molecule is Cc1cc(Oc2ccc(I)cc2C(=O)O)n2ncnc2c1. The molecule has 0 unspecified atom stereocenters. The Morgan fingerprint density at radius 2 is 2.14 bits per heavy atom. The highest BCUT2D eigenvalue weighted by atomic mass is 127. The maximum Gasteiger partial charge on any atom is 0.339 e. The van der Waals surface area contributed by atoms with E-state index in [2.05, 4.69) is 32.7 Å². The minimum Gasteiger partial charge on any atom is -0.478 e. The summed E-state index contributed by atoms with van der Waals surface area (Å²) in [5, 5.41) is 13.4. The first-order chi connectivity index (χ1) is 10.0. The molecule has 3 rings (SSSR count). The van der Waals surface area contributed by atoms with E-state index in [-0.39, 0.29) is 11.3 Å². The van der Waals surface area contributed by atoms with E-state index in [0.717, 1.165) is 9.13 Å². The molecule has 0 spiro atoms. The van der Waals surface area contributed by atoms with Crippen LogP contribution in [0.5, 0.6) is 11.6 Å². The number of hydrogen-bond acceptors (Lipinski definition) is 4. The van der Waals surface area contributed by atoms with Crippen LogP contribution in [0.2, 0.25) is 0 Å². The number of aromatic nitrogens is 3. The fourth-order valence-corrected chi connectivity index (χ4v) is 2.45. The van der Waals surface area contributed by atoms with Crippen molar-refractivity contribution in [2.75, 3.05) is 0 Å². The Kier molecular flexibility index (Phi) is 3.50. The number of carboxylic acids is 1. The van der Waals surface area contributed by atoms with Crippen LogP contribution in [-0.4, -0.2) is 25.7 Å². The highest BCUT2D eigenvalue weighted by molar-refractivity contribution is 14.1. The Labute approximate surface area is 133 Å². The van der Waals surface area contributed by atoms with Crippen LogP contribution in [0, 0.1) is 10.5 Å². The van der Waals surface area contributed by atoms with E-state index in [9.17, 15) is 9.90 Å². The molecule has 21 heavy (non-hydrogen) atoms. The third-order valence-electron chi connectivity index (χ3n) is 2.88. The van der Waals surface area contributed by atoms with E-state index >= 15 is 0 Å². The van der Waals surface area contributed by atoms with Gasteiger partial charge in [0.1, 0.15) is 17.6 Å². The summed E-state index contributed by atoms with van der Waals surface area (Å²) in [6.45, 7) is 1.91. The number of halogens is 1. The van der Waals surface area contributed by atoms with Crippen LogP contribution < -0.4 is 4.74 Å². The molecule has 2 heterocycles. The molecule has 2 aromatic heterocycles. The number of benzene rings is 1.